The Bertz CT molecular complexity index is 280. The van der Waals surface area contributed by atoms with Crippen LogP contribution in [0.25, 0.3) is 0 Å². The molecule has 0 aliphatic rings. The van der Waals surface area contributed by atoms with Crippen molar-refractivity contribution in [2.24, 2.45) is 13.0 Å². The zero-order valence-electron chi connectivity index (χ0n) is 10.2. The van der Waals surface area contributed by atoms with E-state index < -0.39 is 0 Å². The molecule has 1 atom stereocenters. The van der Waals surface area contributed by atoms with Crippen LogP contribution in [-0.2, 0) is 13.5 Å². The minimum atomic E-state index is 0.582. The SMILES string of the molecule is CC(C)CC(C)NCCc1ncnn1C. The summed E-state index contributed by atoms with van der Waals surface area (Å²) in [6.07, 6.45) is 3.77. The van der Waals surface area contributed by atoms with Crippen LogP contribution in [0.5, 0.6) is 0 Å². The van der Waals surface area contributed by atoms with Crippen LogP contribution in [-0.4, -0.2) is 27.4 Å². The maximum atomic E-state index is 4.19. The van der Waals surface area contributed by atoms with Crippen LogP contribution in [0.4, 0.5) is 0 Å². The van der Waals surface area contributed by atoms with Gasteiger partial charge in [0.15, 0.2) is 0 Å². The van der Waals surface area contributed by atoms with Crippen LogP contribution >= 0.6 is 0 Å². The van der Waals surface area contributed by atoms with Crippen LogP contribution in [0.3, 0.4) is 0 Å². The van der Waals surface area contributed by atoms with Crippen LogP contribution in [0.1, 0.15) is 33.0 Å². The third-order valence-electron chi connectivity index (χ3n) is 2.47. The maximum Gasteiger partial charge on any atom is 0.138 e. The Hall–Kier alpha value is -0.900. The molecule has 0 aliphatic carbocycles. The average Bonchev–Trinajstić information content (AvgIpc) is 2.50. The lowest BCUT2D eigenvalue weighted by molar-refractivity contribution is 0.441. The lowest BCUT2D eigenvalue weighted by Gasteiger charge is -2.15. The molecule has 0 saturated carbocycles. The Morgan fingerprint density at radius 1 is 1.40 bits per heavy atom. The maximum absolute atomic E-state index is 4.19. The second-order valence-corrected chi connectivity index (χ2v) is 4.53. The van der Waals surface area contributed by atoms with E-state index >= 15 is 0 Å². The molecular formula is C11H22N4. The molecular weight excluding hydrogens is 188 g/mol. The normalized spacial score (nSPS) is 13.4. The van der Waals surface area contributed by atoms with Crippen molar-refractivity contribution in [1.82, 2.24) is 20.1 Å². The van der Waals surface area contributed by atoms with Gasteiger partial charge in [-0.25, -0.2) is 4.98 Å². The molecule has 1 unspecified atom stereocenters. The van der Waals surface area contributed by atoms with E-state index in [0.717, 1.165) is 24.7 Å². The molecule has 0 fully saturated rings. The van der Waals surface area contributed by atoms with E-state index in [0.29, 0.717) is 6.04 Å². The lowest BCUT2D eigenvalue weighted by Crippen LogP contribution is -2.29. The number of nitrogens with zero attached hydrogens (tertiary/aromatic N) is 3. The van der Waals surface area contributed by atoms with Gasteiger partial charge in [0.25, 0.3) is 0 Å². The second kappa shape index (κ2) is 5.85. The van der Waals surface area contributed by atoms with Gasteiger partial charge in [-0.3, -0.25) is 4.68 Å². The summed E-state index contributed by atoms with van der Waals surface area (Å²) in [7, 11) is 1.93. The zero-order valence-corrected chi connectivity index (χ0v) is 10.2. The fourth-order valence-electron chi connectivity index (χ4n) is 1.77. The Morgan fingerprint density at radius 3 is 2.67 bits per heavy atom. The molecule has 0 bridgehead atoms. The van der Waals surface area contributed by atoms with Gasteiger partial charge >= 0.3 is 0 Å². The first-order valence-electron chi connectivity index (χ1n) is 5.66. The van der Waals surface area contributed by atoms with E-state index in [1.54, 1.807) is 6.33 Å². The highest BCUT2D eigenvalue weighted by Gasteiger charge is 2.05. The summed E-state index contributed by atoms with van der Waals surface area (Å²) < 4.78 is 1.83. The molecule has 1 aromatic rings. The van der Waals surface area contributed by atoms with Crippen LogP contribution < -0.4 is 5.32 Å². The van der Waals surface area contributed by atoms with Crippen molar-refractivity contribution in [3.8, 4) is 0 Å². The Labute approximate surface area is 92.1 Å². The monoisotopic (exact) mass is 210 g/mol. The molecule has 15 heavy (non-hydrogen) atoms. The van der Waals surface area contributed by atoms with E-state index in [-0.39, 0.29) is 0 Å². The second-order valence-electron chi connectivity index (χ2n) is 4.53. The highest BCUT2D eigenvalue weighted by molar-refractivity contribution is 4.84. The molecule has 1 aromatic heterocycles. The number of aromatic nitrogens is 3. The standard InChI is InChI=1S/C11H22N4/c1-9(2)7-10(3)12-6-5-11-13-8-14-15(11)4/h8-10,12H,5-7H2,1-4H3. The highest BCUT2D eigenvalue weighted by Crippen LogP contribution is 2.03. The van der Waals surface area contributed by atoms with Crippen molar-refractivity contribution in [2.75, 3.05) is 6.54 Å². The molecule has 4 nitrogen and oxygen atoms in total. The smallest absolute Gasteiger partial charge is 0.138 e. The number of nitrogens with one attached hydrogen (secondary N) is 1. The Morgan fingerprint density at radius 2 is 2.13 bits per heavy atom. The van der Waals surface area contributed by atoms with Gasteiger partial charge < -0.3 is 5.32 Å². The topological polar surface area (TPSA) is 42.7 Å². The van der Waals surface area contributed by atoms with Crippen LogP contribution in [0.15, 0.2) is 6.33 Å². The molecule has 0 aliphatic heterocycles. The summed E-state index contributed by atoms with van der Waals surface area (Å²) in [6.45, 7) is 7.71. The van der Waals surface area contributed by atoms with E-state index in [4.69, 9.17) is 0 Å². The van der Waals surface area contributed by atoms with Crippen molar-refractivity contribution in [3.05, 3.63) is 12.2 Å². The van der Waals surface area contributed by atoms with Crippen molar-refractivity contribution in [3.63, 3.8) is 0 Å². The van der Waals surface area contributed by atoms with Crippen LogP contribution in [0, 0.1) is 5.92 Å². The van der Waals surface area contributed by atoms with E-state index in [1.165, 1.54) is 6.42 Å². The van der Waals surface area contributed by atoms with Crippen molar-refractivity contribution in [2.45, 2.75) is 39.7 Å². The number of hydrogen-bond acceptors (Lipinski definition) is 3. The first kappa shape index (κ1) is 12.2. The van der Waals surface area contributed by atoms with Gasteiger partial charge in [0, 0.05) is 26.1 Å². The fraction of sp³-hybridized carbons (Fsp3) is 0.818. The van der Waals surface area contributed by atoms with Gasteiger partial charge in [0.05, 0.1) is 0 Å². The molecule has 1 N–H and O–H groups in total. The summed E-state index contributed by atoms with van der Waals surface area (Å²) in [5.74, 6) is 1.79. The van der Waals surface area contributed by atoms with Crippen molar-refractivity contribution < 1.29 is 0 Å². The third-order valence-corrected chi connectivity index (χ3v) is 2.47. The Balaban J connectivity index is 2.19. The van der Waals surface area contributed by atoms with Gasteiger partial charge in [-0.2, -0.15) is 5.10 Å². The van der Waals surface area contributed by atoms with Gasteiger partial charge in [-0.05, 0) is 19.3 Å². The highest BCUT2D eigenvalue weighted by atomic mass is 15.3. The minimum absolute atomic E-state index is 0.582. The summed E-state index contributed by atoms with van der Waals surface area (Å²) in [6, 6.07) is 0.582. The minimum Gasteiger partial charge on any atom is -0.314 e. The average molecular weight is 210 g/mol. The molecule has 0 spiro atoms. The van der Waals surface area contributed by atoms with Gasteiger partial charge in [0.1, 0.15) is 12.2 Å². The van der Waals surface area contributed by atoms with Crippen molar-refractivity contribution >= 4 is 0 Å². The number of hydrogen-bond donors (Lipinski definition) is 1. The van der Waals surface area contributed by atoms with Crippen molar-refractivity contribution in [1.29, 1.82) is 0 Å². The molecule has 1 heterocycles. The Kier molecular flexibility index (Phi) is 4.75. The molecule has 86 valence electrons. The zero-order chi connectivity index (χ0) is 11.3. The number of rotatable bonds is 6. The summed E-state index contributed by atoms with van der Waals surface area (Å²) in [5, 5.41) is 7.54. The summed E-state index contributed by atoms with van der Waals surface area (Å²) in [5.41, 5.74) is 0. The molecule has 0 amide bonds. The van der Waals surface area contributed by atoms with E-state index in [1.807, 2.05) is 11.7 Å². The van der Waals surface area contributed by atoms with Gasteiger partial charge in [-0.15, -0.1) is 0 Å². The predicted octanol–water partition coefficient (Wildman–Crippen LogP) is 1.38. The summed E-state index contributed by atoms with van der Waals surface area (Å²) >= 11 is 0. The lowest BCUT2D eigenvalue weighted by atomic mass is 10.1. The fourth-order valence-corrected chi connectivity index (χ4v) is 1.77. The molecule has 0 aromatic carbocycles. The predicted molar refractivity (Wildman–Crippen MR) is 61.6 cm³/mol. The third kappa shape index (κ3) is 4.42. The quantitative estimate of drug-likeness (QED) is 0.771. The molecule has 4 heteroatoms. The van der Waals surface area contributed by atoms with Gasteiger partial charge in [0.2, 0.25) is 0 Å². The molecule has 1 rings (SSSR count). The number of aryl methyl sites for hydroxylation is 1. The summed E-state index contributed by atoms with van der Waals surface area (Å²) in [4.78, 5) is 4.19. The van der Waals surface area contributed by atoms with Crippen LogP contribution in [0.2, 0.25) is 0 Å². The molecule has 0 radical (unpaired) electrons. The van der Waals surface area contributed by atoms with Gasteiger partial charge in [-0.1, -0.05) is 13.8 Å². The largest absolute Gasteiger partial charge is 0.314 e. The molecule has 0 saturated heterocycles. The van der Waals surface area contributed by atoms with E-state index in [9.17, 15) is 0 Å². The first-order valence-corrected chi connectivity index (χ1v) is 5.66. The first-order chi connectivity index (χ1) is 7.09. The van der Waals surface area contributed by atoms with E-state index in [2.05, 4.69) is 36.2 Å².